The summed E-state index contributed by atoms with van der Waals surface area (Å²) < 4.78 is 26.3. The first kappa shape index (κ1) is 15.1. The molecule has 0 atom stereocenters. The zero-order valence-electron chi connectivity index (χ0n) is 9.60. The first-order valence-corrected chi connectivity index (χ1v) is 7.97. The van der Waals surface area contributed by atoms with E-state index in [1.807, 2.05) is 0 Å². The van der Waals surface area contributed by atoms with Crippen LogP contribution in [0.1, 0.15) is 23.2 Å². The normalized spacial score (nSPS) is 11.4. The Morgan fingerprint density at radius 2 is 1.94 bits per heavy atom. The number of aromatic carboxylic acids is 1. The van der Waals surface area contributed by atoms with Gasteiger partial charge in [-0.05, 0) is 25.0 Å². The van der Waals surface area contributed by atoms with Crippen molar-refractivity contribution in [3.8, 4) is 0 Å². The molecule has 0 aliphatic rings. The van der Waals surface area contributed by atoms with E-state index in [2.05, 4.69) is 20.7 Å². The number of benzene rings is 1. The Morgan fingerprint density at radius 1 is 1.28 bits per heavy atom. The molecule has 0 heterocycles. The van der Waals surface area contributed by atoms with E-state index >= 15 is 0 Å². The van der Waals surface area contributed by atoms with Crippen LogP contribution in [0.2, 0.25) is 0 Å². The predicted octanol–water partition coefficient (Wildman–Crippen LogP) is 1.84. The number of carbonyl (C=O) groups is 1. The smallest absolute Gasteiger partial charge is 0.337 e. The lowest BCUT2D eigenvalue weighted by Gasteiger charge is -2.08. The first-order valence-electron chi connectivity index (χ1n) is 5.37. The summed E-state index contributed by atoms with van der Waals surface area (Å²) in [5, 5.41) is 9.75. The third kappa shape index (κ3) is 4.08. The molecule has 18 heavy (non-hydrogen) atoms. The van der Waals surface area contributed by atoms with E-state index in [0.717, 1.165) is 11.8 Å². The second kappa shape index (κ2) is 6.86. The van der Waals surface area contributed by atoms with Gasteiger partial charge in [0.25, 0.3) is 0 Å². The zero-order valence-corrected chi connectivity index (χ0v) is 12.0. The fraction of sp³-hybridized carbons (Fsp3) is 0.364. The molecule has 0 radical (unpaired) electrons. The molecule has 0 bridgehead atoms. The molecule has 0 saturated carbocycles. The second-order valence-electron chi connectivity index (χ2n) is 3.60. The van der Waals surface area contributed by atoms with Crippen molar-refractivity contribution in [3.63, 3.8) is 0 Å². The minimum atomic E-state index is -3.76. The summed E-state index contributed by atoms with van der Waals surface area (Å²) >= 11 is 3.25. The van der Waals surface area contributed by atoms with E-state index in [1.54, 1.807) is 0 Å². The summed E-state index contributed by atoms with van der Waals surface area (Å²) in [7, 11) is -3.76. The quantitative estimate of drug-likeness (QED) is 0.588. The lowest BCUT2D eigenvalue weighted by Crippen LogP contribution is -2.26. The second-order valence-corrected chi connectivity index (χ2v) is 6.12. The summed E-state index contributed by atoms with van der Waals surface area (Å²) in [6, 6.07) is 5.55. The van der Waals surface area contributed by atoms with Crippen molar-refractivity contribution < 1.29 is 18.3 Å². The maximum Gasteiger partial charge on any atom is 0.337 e. The maximum absolute atomic E-state index is 11.9. The standard InChI is InChI=1S/C11H14BrNO4S/c12-7-3-4-8-13-18(16,17)10-6-2-1-5-9(10)11(14)15/h1-2,5-6,13H,3-4,7-8H2,(H,14,15). The van der Waals surface area contributed by atoms with E-state index in [-0.39, 0.29) is 10.5 Å². The molecule has 0 spiro atoms. The fourth-order valence-corrected chi connectivity index (χ4v) is 3.05. The van der Waals surface area contributed by atoms with Crippen molar-refractivity contribution in [1.29, 1.82) is 0 Å². The van der Waals surface area contributed by atoms with Crippen LogP contribution in [-0.2, 0) is 10.0 Å². The molecule has 0 aromatic heterocycles. The third-order valence-corrected chi connectivity index (χ3v) is 4.34. The van der Waals surface area contributed by atoms with Crippen molar-refractivity contribution in [2.45, 2.75) is 17.7 Å². The van der Waals surface area contributed by atoms with Gasteiger partial charge in [-0.3, -0.25) is 0 Å². The van der Waals surface area contributed by atoms with Gasteiger partial charge in [0.2, 0.25) is 10.0 Å². The summed E-state index contributed by atoms with van der Waals surface area (Å²) in [6.45, 7) is 0.294. The minimum Gasteiger partial charge on any atom is -0.478 e. The van der Waals surface area contributed by atoms with Crippen LogP contribution >= 0.6 is 15.9 Å². The van der Waals surface area contributed by atoms with E-state index in [9.17, 15) is 13.2 Å². The van der Waals surface area contributed by atoms with Crippen LogP contribution in [0, 0.1) is 0 Å². The number of carboxylic acids is 1. The summed E-state index contributed by atoms with van der Waals surface area (Å²) in [5.74, 6) is -1.25. The van der Waals surface area contributed by atoms with Crippen molar-refractivity contribution in [3.05, 3.63) is 29.8 Å². The number of carboxylic acid groups (broad SMARTS) is 1. The molecule has 0 saturated heterocycles. The number of sulfonamides is 1. The van der Waals surface area contributed by atoms with Crippen LogP contribution < -0.4 is 4.72 Å². The van der Waals surface area contributed by atoms with Crippen LogP contribution in [0.4, 0.5) is 0 Å². The molecule has 0 amide bonds. The molecule has 2 N–H and O–H groups in total. The van der Waals surface area contributed by atoms with Crippen molar-refractivity contribution in [1.82, 2.24) is 4.72 Å². The number of alkyl halides is 1. The van der Waals surface area contributed by atoms with Gasteiger partial charge in [-0.1, -0.05) is 28.1 Å². The van der Waals surface area contributed by atoms with Gasteiger partial charge in [-0.2, -0.15) is 0 Å². The highest BCUT2D eigenvalue weighted by Crippen LogP contribution is 2.15. The zero-order chi connectivity index (χ0) is 13.6. The molecular formula is C11H14BrNO4S. The number of nitrogens with one attached hydrogen (secondary N) is 1. The average Bonchev–Trinajstić information content (AvgIpc) is 2.35. The molecular weight excluding hydrogens is 322 g/mol. The van der Waals surface area contributed by atoms with Gasteiger partial charge in [0.05, 0.1) is 10.5 Å². The number of hydrogen-bond donors (Lipinski definition) is 2. The van der Waals surface area contributed by atoms with Gasteiger partial charge in [0, 0.05) is 11.9 Å². The Bertz CT molecular complexity index is 516. The van der Waals surface area contributed by atoms with Crippen LogP contribution in [0.5, 0.6) is 0 Å². The Labute approximate surface area is 114 Å². The molecule has 1 rings (SSSR count). The lowest BCUT2D eigenvalue weighted by molar-refractivity contribution is 0.0692. The van der Waals surface area contributed by atoms with Crippen LogP contribution in [-0.4, -0.2) is 31.4 Å². The Kier molecular flexibility index (Phi) is 5.77. The fourth-order valence-electron chi connectivity index (χ4n) is 1.38. The van der Waals surface area contributed by atoms with E-state index in [1.165, 1.54) is 24.3 Å². The molecule has 1 aromatic rings. The highest BCUT2D eigenvalue weighted by Gasteiger charge is 2.20. The van der Waals surface area contributed by atoms with E-state index < -0.39 is 16.0 Å². The molecule has 1 aromatic carbocycles. The summed E-state index contributed by atoms with van der Waals surface area (Å²) in [4.78, 5) is 10.7. The monoisotopic (exact) mass is 335 g/mol. The topological polar surface area (TPSA) is 83.5 Å². The molecule has 0 fully saturated rings. The number of halogens is 1. The van der Waals surface area contributed by atoms with Crippen LogP contribution in [0.25, 0.3) is 0 Å². The van der Waals surface area contributed by atoms with Crippen LogP contribution in [0.3, 0.4) is 0 Å². The van der Waals surface area contributed by atoms with E-state index in [0.29, 0.717) is 13.0 Å². The summed E-state index contributed by atoms with van der Waals surface area (Å²) in [5.41, 5.74) is -0.217. The molecule has 0 aliphatic carbocycles. The lowest BCUT2D eigenvalue weighted by atomic mass is 10.2. The Hall–Kier alpha value is -0.920. The number of hydrogen-bond acceptors (Lipinski definition) is 3. The van der Waals surface area contributed by atoms with Crippen molar-refractivity contribution in [2.24, 2.45) is 0 Å². The van der Waals surface area contributed by atoms with Crippen molar-refractivity contribution in [2.75, 3.05) is 11.9 Å². The first-order chi connectivity index (χ1) is 8.49. The minimum absolute atomic E-state index is 0.198. The average molecular weight is 336 g/mol. The molecule has 100 valence electrons. The van der Waals surface area contributed by atoms with Gasteiger partial charge in [0.15, 0.2) is 0 Å². The van der Waals surface area contributed by atoms with Gasteiger partial charge in [-0.25, -0.2) is 17.9 Å². The maximum atomic E-state index is 11.9. The van der Waals surface area contributed by atoms with Gasteiger partial charge >= 0.3 is 5.97 Å². The van der Waals surface area contributed by atoms with Crippen molar-refractivity contribution >= 4 is 31.9 Å². The highest BCUT2D eigenvalue weighted by molar-refractivity contribution is 9.09. The molecule has 0 aliphatic heterocycles. The van der Waals surface area contributed by atoms with Gasteiger partial charge in [0.1, 0.15) is 0 Å². The molecule has 7 heteroatoms. The van der Waals surface area contributed by atoms with Crippen LogP contribution in [0.15, 0.2) is 29.2 Å². The van der Waals surface area contributed by atoms with E-state index in [4.69, 9.17) is 5.11 Å². The third-order valence-electron chi connectivity index (χ3n) is 2.26. The molecule has 0 unspecified atom stereocenters. The Balaban J connectivity index is 2.88. The van der Waals surface area contributed by atoms with Gasteiger partial charge < -0.3 is 5.11 Å². The van der Waals surface area contributed by atoms with Gasteiger partial charge in [-0.15, -0.1) is 0 Å². The number of rotatable bonds is 7. The SMILES string of the molecule is O=C(O)c1ccccc1S(=O)(=O)NCCCCBr. The number of unbranched alkanes of at least 4 members (excludes halogenated alkanes) is 1. The molecule has 5 nitrogen and oxygen atoms in total. The largest absolute Gasteiger partial charge is 0.478 e. The predicted molar refractivity (Wildman–Crippen MR) is 71.6 cm³/mol. The highest BCUT2D eigenvalue weighted by atomic mass is 79.9. The Morgan fingerprint density at radius 3 is 2.56 bits per heavy atom. The summed E-state index contributed by atoms with van der Waals surface area (Å²) in [6.07, 6.45) is 1.54.